The first-order chi connectivity index (χ1) is 18.1. The zero-order valence-electron chi connectivity index (χ0n) is 20.0. The number of sulfone groups is 1. The molecule has 0 radical (unpaired) electrons. The van der Waals surface area contributed by atoms with E-state index in [0.717, 1.165) is 5.56 Å². The molecule has 3 aromatic rings. The third kappa shape index (κ3) is 7.38. The summed E-state index contributed by atoms with van der Waals surface area (Å²) in [4.78, 5) is 24.1. The first kappa shape index (κ1) is 30.1. The molecule has 1 aromatic heterocycles. The highest BCUT2D eigenvalue weighted by molar-refractivity contribution is 7.91. The molecule has 1 aliphatic rings. The second kappa shape index (κ2) is 11.8. The summed E-state index contributed by atoms with van der Waals surface area (Å²) < 4.78 is 57.4. The van der Waals surface area contributed by atoms with Crippen LogP contribution in [0.4, 0.5) is 18.9 Å². The summed E-state index contributed by atoms with van der Waals surface area (Å²) in [6.07, 6.45) is -4.56. The van der Waals surface area contributed by atoms with Crippen LogP contribution in [-0.4, -0.2) is 60.8 Å². The van der Waals surface area contributed by atoms with Crippen LogP contribution in [0, 0.1) is 5.41 Å². The van der Waals surface area contributed by atoms with Gasteiger partial charge in [0.05, 0.1) is 26.5 Å². The van der Waals surface area contributed by atoms with E-state index in [0.29, 0.717) is 45.9 Å². The molecular weight excluding hydrogens is 583 g/mol. The molecule has 7 N–H and O–H groups in total. The van der Waals surface area contributed by atoms with E-state index in [1.54, 1.807) is 35.2 Å². The number of amides is 1. The second-order valence-corrected chi connectivity index (χ2v) is 11.7. The fraction of sp³-hybridized carbons (Fsp3) is 0.261. The Labute approximate surface area is 229 Å². The average molecular weight is 606 g/mol. The number of carboxylic acids is 1. The fourth-order valence-electron chi connectivity index (χ4n) is 3.68. The number of likely N-dealkylation sites (tertiary alicyclic amines) is 1. The van der Waals surface area contributed by atoms with Crippen molar-refractivity contribution in [3.05, 3.63) is 57.2 Å². The Morgan fingerprint density at radius 1 is 1.26 bits per heavy atom. The Bertz CT molecular complexity index is 1530. The molecule has 39 heavy (non-hydrogen) atoms. The van der Waals surface area contributed by atoms with E-state index < -0.39 is 28.0 Å². The van der Waals surface area contributed by atoms with Gasteiger partial charge < -0.3 is 21.5 Å². The monoisotopic (exact) mass is 605 g/mol. The van der Waals surface area contributed by atoms with Crippen LogP contribution < -0.4 is 16.8 Å². The van der Waals surface area contributed by atoms with Crippen LogP contribution in [0.3, 0.4) is 0 Å². The van der Waals surface area contributed by atoms with Gasteiger partial charge in [0.25, 0.3) is 0 Å². The van der Waals surface area contributed by atoms with Crippen molar-refractivity contribution in [2.75, 3.05) is 18.2 Å². The topological polar surface area (TPSA) is 180 Å². The van der Waals surface area contributed by atoms with E-state index in [2.05, 4.69) is 5.32 Å². The maximum atomic E-state index is 12.9. The van der Waals surface area contributed by atoms with Crippen LogP contribution in [-0.2, 0) is 26.0 Å². The van der Waals surface area contributed by atoms with Crippen molar-refractivity contribution in [2.45, 2.75) is 30.1 Å². The highest BCUT2D eigenvalue weighted by Gasteiger charge is 2.38. The van der Waals surface area contributed by atoms with Crippen LogP contribution >= 0.6 is 22.9 Å². The number of carbonyl (C=O) groups excluding carboxylic acids is 1. The Kier molecular flexibility index (Phi) is 9.10. The Hall–Kier alpha value is -3.40. The van der Waals surface area contributed by atoms with Gasteiger partial charge in [0.1, 0.15) is 11.7 Å². The third-order valence-electron chi connectivity index (χ3n) is 5.67. The van der Waals surface area contributed by atoms with E-state index in [4.69, 9.17) is 38.4 Å². The molecule has 4 rings (SSSR count). The minimum atomic E-state index is -5.08. The summed E-state index contributed by atoms with van der Waals surface area (Å²) in [5.41, 5.74) is 12.6. The number of alkyl halides is 3. The van der Waals surface area contributed by atoms with Crippen molar-refractivity contribution in [2.24, 2.45) is 5.73 Å². The highest BCUT2D eigenvalue weighted by atomic mass is 35.5. The molecule has 210 valence electrons. The van der Waals surface area contributed by atoms with Gasteiger partial charge in [-0.3, -0.25) is 15.5 Å². The normalized spacial score (nSPS) is 15.7. The Balaban J connectivity index is 0.000000532. The van der Waals surface area contributed by atoms with Crippen LogP contribution in [0.15, 0.2) is 46.7 Å². The number of thiophene rings is 1. The van der Waals surface area contributed by atoms with Gasteiger partial charge in [-0.15, -0.1) is 11.3 Å². The largest absolute Gasteiger partial charge is 0.490 e. The number of halogens is 4. The molecular formula is C23H23ClF3N5O5S2. The molecule has 0 aliphatic carbocycles. The predicted octanol–water partition coefficient (Wildman–Crippen LogP) is 3.18. The van der Waals surface area contributed by atoms with E-state index in [9.17, 15) is 26.4 Å². The molecule has 10 nitrogen and oxygen atoms in total. The third-order valence-corrected chi connectivity index (χ3v) is 8.62. The molecule has 0 spiro atoms. The number of benzene rings is 2. The number of hydrogen-bond donors (Lipinski definition) is 5. The van der Waals surface area contributed by atoms with Gasteiger partial charge in [0.2, 0.25) is 5.91 Å². The number of nitrogens with two attached hydrogens (primary N) is 2. The maximum absolute atomic E-state index is 12.9. The number of carbonyl (C=O) groups is 2. The van der Waals surface area contributed by atoms with E-state index in [1.807, 2.05) is 5.38 Å². The zero-order valence-corrected chi connectivity index (χ0v) is 22.3. The van der Waals surface area contributed by atoms with Gasteiger partial charge in [-0.05, 0) is 47.0 Å². The number of fused-ring (bicyclic) bond motifs is 1. The minimum Gasteiger partial charge on any atom is -0.475 e. The summed E-state index contributed by atoms with van der Waals surface area (Å²) >= 11 is 7.56. The van der Waals surface area contributed by atoms with Crippen molar-refractivity contribution < 1.29 is 36.3 Å². The number of nitrogen functional groups attached to an aromatic ring is 2. The lowest BCUT2D eigenvalue weighted by Crippen LogP contribution is -2.40. The Morgan fingerprint density at radius 2 is 1.92 bits per heavy atom. The predicted molar refractivity (Wildman–Crippen MR) is 141 cm³/mol. The Morgan fingerprint density at radius 3 is 2.51 bits per heavy atom. The van der Waals surface area contributed by atoms with Gasteiger partial charge in [-0.25, -0.2) is 13.2 Å². The van der Waals surface area contributed by atoms with Gasteiger partial charge >= 0.3 is 12.1 Å². The molecule has 2 heterocycles. The number of nitrogens with zero attached hydrogens (tertiary/aromatic N) is 1. The molecule has 0 unspecified atom stereocenters. The molecule has 16 heteroatoms. The lowest BCUT2D eigenvalue weighted by molar-refractivity contribution is -0.192. The number of anilines is 1. The molecule has 1 amide bonds. The summed E-state index contributed by atoms with van der Waals surface area (Å²) in [5.74, 6) is -3.25. The SMILES string of the molecule is N=C(N)c1cc(CN2CC[C@H](NCS(=O)(=O)c3ccc4c(Cl)c(N)ccc4c3)C2=O)cs1.O=C(O)C(F)(F)F. The van der Waals surface area contributed by atoms with Crippen molar-refractivity contribution >= 4 is 66.9 Å². The first-order valence-corrected chi connectivity index (χ1v) is 14.0. The number of hydrogen-bond acceptors (Lipinski definition) is 8. The van der Waals surface area contributed by atoms with E-state index in [1.165, 1.54) is 17.4 Å². The summed E-state index contributed by atoms with van der Waals surface area (Å²) in [5, 5.41) is 21.1. The molecule has 0 bridgehead atoms. The van der Waals surface area contributed by atoms with E-state index in [-0.39, 0.29) is 22.5 Å². The molecule has 1 aliphatic heterocycles. The van der Waals surface area contributed by atoms with Crippen LogP contribution in [0.25, 0.3) is 10.8 Å². The van der Waals surface area contributed by atoms with Gasteiger partial charge in [-0.1, -0.05) is 23.7 Å². The van der Waals surface area contributed by atoms with Crippen LogP contribution in [0.1, 0.15) is 16.9 Å². The van der Waals surface area contributed by atoms with Crippen molar-refractivity contribution in [3.8, 4) is 0 Å². The molecule has 0 saturated carbocycles. The quantitative estimate of drug-likeness (QED) is 0.155. The summed E-state index contributed by atoms with van der Waals surface area (Å²) in [6, 6.07) is 9.29. The van der Waals surface area contributed by atoms with Gasteiger partial charge in [0.15, 0.2) is 9.84 Å². The summed E-state index contributed by atoms with van der Waals surface area (Å²) in [7, 11) is -3.66. The smallest absolute Gasteiger partial charge is 0.475 e. The zero-order chi connectivity index (χ0) is 29.1. The molecule has 2 aromatic carbocycles. The standard InChI is InChI=1S/C21H22ClN5O3S2.C2HF3O2/c22-19-15-3-2-14(8-13(15)1-4-16(19)23)32(29,30)11-26-17-5-6-27(21(17)28)9-12-7-18(20(24)25)31-10-12;3-2(4,5)1(6)7/h1-4,7-8,10,17,26H,5-6,9,11,23H2,(H3,24,25);(H,6,7)/t17-;/m0./s1. The van der Waals surface area contributed by atoms with Crippen molar-refractivity contribution in [3.63, 3.8) is 0 Å². The molecule has 1 atom stereocenters. The maximum Gasteiger partial charge on any atom is 0.490 e. The number of carboxylic acid groups (broad SMARTS) is 1. The van der Waals surface area contributed by atoms with Crippen molar-refractivity contribution in [1.82, 2.24) is 10.2 Å². The number of rotatable bonds is 7. The average Bonchev–Trinajstić information content (AvgIpc) is 3.47. The first-order valence-electron chi connectivity index (χ1n) is 11.0. The number of amidine groups is 1. The van der Waals surface area contributed by atoms with Crippen LogP contribution in [0.5, 0.6) is 0 Å². The van der Waals surface area contributed by atoms with Gasteiger partial charge in [0, 0.05) is 18.5 Å². The van der Waals surface area contributed by atoms with Gasteiger partial charge in [-0.2, -0.15) is 13.2 Å². The number of nitrogens with one attached hydrogen (secondary N) is 2. The molecule has 1 fully saturated rings. The number of aliphatic carboxylic acids is 1. The highest BCUT2D eigenvalue weighted by Crippen LogP contribution is 2.31. The van der Waals surface area contributed by atoms with Crippen molar-refractivity contribution in [1.29, 1.82) is 5.41 Å². The fourth-order valence-corrected chi connectivity index (χ4v) is 5.85. The van der Waals surface area contributed by atoms with E-state index >= 15 is 0 Å². The summed E-state index contributed by atoms with van der Waals surface area (Å²) in [6.45, 7) is 0.930. The molecule has 1 saturated heterocycles. The second-order valence-electron chi connectivity index (χ2n) is 8.45. The minimum absolute atomic E-state index is 0.00169. The lowest BCUT2D eigenvalue weighted by Gasteiger charge is -2.16. The van der Waals surface area contributed by atoms with Crippen LogP contribution in [0.2, 0.25) is 5.02 Å². The lowest BCUT2D eigenvalue weighted by atomic mass is 10.1.